The molecular formula is C21H15N5O. The summed E-state index contributed by atoms with van der Waals surface area (Å²) in [7, 11) is 0. The van der Waals surface area contributed by atoms with Crippen LogP contribution in [-0.4, -0.2) is 24.6 Å². The molecule has 0 amide bonds. The van der Waals surface area contributed by atoms with E-state index >= 15 is 0 Å². The number of hydrogen-bond acceptors (Lipinski definition) is 5. The van der Waals surface area contributed by atoms with Gasteiger partial charge in [-0.05, 0) is 42.5 Å². The molecule has 0 spiro atoms. The van der Waals surface area contributed by atoms with E-state index in [1.165, 1.54) is 0 Å². The highest BCUT2D eigenvalue weighted by Crippen LogP contribution is 2.24. The number of rotatable bonds is 4. The predicted octanol–water partition coefficient (Wildman–Crippen LogP) is 3.92. The van der Waals surface area contributed by atoms with Crippen LogP contribution in [0.4, 0.5) is 0 Å². The maximum absolute atomic E-state index is 5.87. The Balaban J connectivity index is 1.45. The van der Waals surface area contributed by atoms with Crippen molar-refractivity contribution in [2.45, 2.75) is 6.61 Å². The fraction of sp³-hybridized carbons (Fsp3) is 0.0476. The van der Waals surface area contributed by atoms with Gasteiger partial charge in [-0.2, -0.15) is 0 Å². The van der Waals surface area contributed by atoms with Crippen molar-refractivity contribution in [3.63, 3.8) is 0 Å². The third-order valence-corrected chi connectivity index (χ3v) is 4.33. The average Bonchev–Trinajstić information content (AvgIpc) is 3.17. The molecule has 0 unspecified atom stereocenters. The van der Waals surface area contributed by atoms with Gasteiger partial charge in [0.2, 0.25) is 0 Å². The molecule has 0 saturated heterocycles. The molecular weight excluding hydrogens is 338 g/mol. The zero-order chi connectivity index (χ0) is 18.1. The fourth-order valence-corrected chi connectivity index (χ4v) is 2.98. The van der Waals surface area contributed by atoms with Crippen LogP contribution in [0.2, 0.25) is 0 Å². The van der Waals surface area contributed by atoms with Crippen LogP contribution in [-0.2, 0) is 6.61 Å². The first-order valence-corrected chi connectivity index (χ1v) is 8.59. The lowest BCUT2D eigenvalue weighted by atomic mass is 10.2. The van der Waals surface area contributed by atoms with Gasteiger partial charge in [0.05, 0.1) is 5.52 Å². The summed E-state index contributed by atoms with van der Waals surface area (Å²) < 4.78 is 7.80. The lowest BCUT2D eigenvalue weighted by Gasteiger charge is -2.08. The molecule has 0 atom stereocenters. The largest absolute Gasteiger partial charge is 0.489 e. The van der Waals surface area contributed by atoms with E-state index in [4.69, 9.17) is 9.72 Å². The molecule has 4 aromatic heterocycles. The second-order valence-corrected chi connectivity index (χ2v) is 6.15. The highest BCUT2D eigenvalue weighted by atomic mass is 16.5. The van der Waals surface area contributed by atoms with E-state index in [1.54, 1.807) is 12.4 Å². The minimum Gasteiger partial charge on any atom is -0.489 e. The number of hydrogen-bond donors (Lipinski definition) is 0. The van der Waals surface area contributed by atoms with Crippen molar-refractivity contribution in [3.05, 3.63) is 84.8 Å². The van der Waals surface area contributed by atoms with Gasteiger partial charge in [-0.1, -0.05) is 18.2 Å². The summed E-state index contributed by atoms with van der Waals surface area (Å²) >= 11 is 0. The highest BCUT2D eigenvalue weighted by Gasteiger charge is 2.10. The third kappa shape index (κ3) is 2.97. The third-order valence-electron chi connectivity index (χ3n) is 4.33. The molecule has 5 rings (SSSR count). The maximum Gasteiger partial charge on any atom is 0.187 e. The van der Waals surface area contributed by atoms with Gasteiger partial charge in [-0.3, -0.25) is 9.38 Å². The second-order valence-electron chi connectivity index (χ2n) is 6.15. The molecule has 6 heteroatoms. The Labute approximate surface area is 155 Å². The van der Waals surface area contributed by atoms with Gasteiger partial charge in [0.15, 0.2) is 11.5 Å². The molecule has 4 heterocycles. The van der Waals surface area contributed by atoms with Gasteiger partial charge in [0.25, 0.3) is 0 Å². The summed E-state index contributed by atoms with van der Waals surface area (Å²) in [4.78, 5) is 8.84. The molecule has 0 radical (unpaired) electrons. The van der Waals surface area contributed by atoms with E-state index < -0.39 is 0 Å². The number of aromatic nitrogens is 5. The summed E-state index contributed by atoms with van der Waals surface area (Å²) in [6.45, 7) is 0.483. The van der Waals surface area contributed by atoms with Crippen LogP contribution in [0, 0.1) is 0 Å². The highest BCUT2D eigenvalue weighted by molar-refractivity contribution is 5.82. The molecule has 130 valence electrons. The van der Waals surface area contributed by atoms with Crippen molar-refractivity contribution >= 4 is 16.6 Å². The molecule has 0 bridgehead atoms. The summed E-state index contributed by atoms with van der Waals surface area (Å²) in [5.41, 5.74) is 3.50. The van der Waals surface area contributed by atoms with E-state index in [1.807, 2.05) is 71.3 Å². The van der Waals surface area contributed by atoms with Gasteiger partial charge in [0, 0.05) is 29.5 Å². The van der Waals surface area contributed by atoms with Crippen molar-refractivity contribution in [1.29, 1.82) is 0 Å². The zero-order valence-electron chi connectivity index (χ0n) is 14.4. The molecule has 0 aliphatic rings. The normalized spacial score (nSPS) is 11.1. The summed E-state index contributed by atoms with van der Waals surface area (Å²) in [5, 5.41) is 9.47. The van der Waals surface area contributed by atoms with Crippen LogP contribution in [0.1, 0.15) is 5.56 Å². The first kappa shape index (κ1) is 15.5. The molecule has 0 aliphatic heterocycles. The van der Waals surface area contributed by atoms with Crippen molar-refractivity contribution in [1.82, 2.24) is 24.6 Å². The first-order valence-electron chi connectivity index (χ1n) is 8.59. The molecule has 0 fully saturated rings. The van der Waals surface area contributed by atoms with Gasteiger partial charge in [-0.15, -0.1) is 10.2 Å². The predicted molar refractivity (Wildman–Crippen MR) is 102 cm³/mol. The Morgan fingerprint density at radius 3 is 2.85 bits per heavy atom. The van der Waals surface area contributed by atoms with Gasteiger partial charge in [-0.25, -0.2) is 4.98 Å². The van der Waals surface area contributed by atoms with Crippen molar-refractivity contribution in [2.24, 2.45) is 0 Å². The summed E-state index contributed by atoms with van der Waals surface area (Å²) in [6, 6.07) is 19.6. The molecule has 0 N–H and O–H groups in total. The van der Waals surface area contributed by atoms with E-state index in [0.717, 1.165) is 39.4 Å². The van der Waals surface area contributed by atoms with Crippen LogP contribution in [0.25, 0.3) is 28.1 Å². The van der Waals surface area contributed by atoms with Gasteiger partial charge < -0.3 is 4.74 Å². The monoisotopic (exact) mass is 353 g/mol. The van der Waals surface area contributed by atoms with Crippen LogP contribution < -0.4 is 4.74 Å². The lowest BCUT2D eigenvalue weighted by molar-refractivity contribution is 0.306. The van der Waals surface area contributed by atoms with Crippen LogP contribution in [0.15, 0.2) is 79.3 Å². The number of fused-ring (bicyclic) bond motifs is 2. The van der Waals surface area contributed by atoms with Crippen molar-refractivity contribution in [2.75, 3.05) is 0 Å². The van der Waals surface area contributed by atoms with Crippen LogP contribution in [0.5, 0.6) is 5.75 Å². The molecule has 0 saturated carbocycles. The SMILES string of the molecule is c1cncc(COc2ccc3nc(-c4nnc5ccccn45)ccc3c2)c1. The smallest absolute Gasteiger partial charge is 0.187 e. The van der Waals surface area contributed by atoms with E-state index in [0.29, 0.717) is 6.61 Å². The summed E-state index contributed by atoms with van der Waals surface area (Å²) in [6.07, 6.45) is 5.49. The Morgan fingerprint density at radius 2 is 1.93 bits per heavy atom. The topological polar surface area (TPSA) is 65.2 Å². The molecule has 0 aliphatic carbocycles. The maximum atomic E-state index is 5.87. The molecule has 27 heavy (non-hydrogen) atoms. The zero-order valence-corrected chi connectivity index (χ0v) is 14.4. The minimum atomic E-state index is 0.483. The van der Waals surface area contributed by atoms with Gasteiger partial charge in [0.1, 0.15) is 18.1 Å². The quantitative estimate of drug-likeness (QED) is 0.490. The van der Waals surface area contributed by atoms with Crippen LogP contribution >= 0.6 is 0 Å². The number of benzene rings is 1. The molecule has 1 aromatic carbocycles. The Kier molecular flexibility index (Phi) is 3.72. The van der Waals surface area contributed by atoms with Crippen molar-refractivity contribution < 1.29 is 4.74 Å². The molecule has 5 aromatic rings. The molecule has 6 nitrogen and oxygen atoms in total. The minimum absolute atomic E-state index is 0.483. The Morgan fingerprint density at radius 1 is 0.926 bits per heavy atom. The Hall–Kier alpha value is -3.80. The van der Waals surface area contributed by atoms with Crippen LogP contribution in [0.3, 0.4) is 0 Å². The van der Waals surface area contributed by atoms with E-state index in [2.05, 4.69) is 15.2 Å². The second kappa shape index (κ2) is 6.49. The Bertz CT molecular complexity index is 1230. The first-order chi connectivity index (χ1) is 13.4. The standard InChI is InChI=1S/C21H15N5O/c1-2-11-26-20(5-1)24-25-21(26)19-8-6-16-12-17(7-9-18(16)23-19)27-14-15-4-3-10-22-13-15/h1-13H,14H2. The van der Waals surface area contributed by atoms with Crippen molar-refractivity contribution in [3.8, 4) is 17.3 Å². The van der Waals surface area contributed by atoms with E-state index in [9.17, 15) is 0 Å². The lowest BCUT2D eigenvalue weighted by Crippen LogP contribution is -1.96. The van der Waals surface area contributed by atoms with E-state index in [-0.39, 0.29) is 0 Å². The number of ether oxygens (including phenoxy) is 1. The number of pyridine rings is 3. The van der Waals surface area contributed by atoms with Gasteiger partial charge >= 0.3 is 0 Å². The number of nitrogens with zero attached hydrogens (tertiary/aromatic N) is 5. The summed E-state index contributed by atoms with van der Waals surface area (Å²) in [5.74, 6) is 1.53. The average molecular weight is 353 g/mol. The fourth-order valence-electron chi connectivity index (χ4n) is 2.98.